The zero-order valence-electron chi connectivity index (χ0n) is 13.8. The van der Waals surface area contributed by atoms with Gasteiger partial charge in [0.2, 0.25) is 6.10 Å². The Balaban J connectivity index is 1.31. The van der Waals surface area contributed by atoms with Crippen molar-refractivity contribution in [1.82, 2.24) is 4.98 Å². The average molecular weight is 368 g/mol. The van der Waals surface area contributed by atoms with Gasteiger partial charge in [-0.3, -0.25) is 0 Å². The van der Waals surface area contributed by atoms with Gasteiger partial charge in [0.05, 0.1) is 5.69 Å². The van der Waals surface area contributed by atoms with Gasteiger partial charge in [-0.05, 0) is 24.3 Å². The number of esters is 1. The van der Waals surface area contributed by atoms with E-state index in [1.165, 1.54) is 11.3 Å². The van der Waals surface area contributed by atoms with E-state index in [2.05, 4.69) is 10.3 Å². The van der Waals surface area contributed by atoms with Crippen LogP contribution in [0.1, 0.15) is 5.69 Å². The SMILES string of the molecule is O=C(OCc1csc(Nc2ccccc2)n1)[C@H]1COc2ccccc2O1. The molecule has 1 aliphatic heterocycles. The van der Waals surface area contributed by atoms with Gasteiger partial charge >= 0.3 is 5.97 Å². The molecule has 0 amide bonds. The summed E-state index contributed by atoms with van der Waals surface area (Å²) in [7, 11) is 0. The molecule has 2 heterocycles. The predicted octanol–water partition coefficient (Wildman–Crippen LogP) is 3.77. The average Bonchev–Trinajstić information content (AvgIpc) is 3.14. The lowest BCUT2D eigenvalue weighted by Crippen LogP contribution is -2.37. The van der Waals surface area contributed by atoms with Crippen molar-refractivity contribution in [3.8, 4) is 11.5 Å². The summed E-state index contributed by atoms with van der Waals surface area (Å²) in [6.07, 6.45) is -0.773. The molecule has 0 unspecified atom stereocenters. The van der Waals surface area contributed by atoms with E-state index in [9.17, 15) is 4.79 Å². The maximum absolute atomic E-state index is 12.2. The van der Waals surface area contributed by atoms with Crippen LogP contribution in [0.4, 0.5) is 10.8 Å². The van der Waals surface area contributed by atoms with E-state index in [1.54, 1.807) is 12.1 Å². The Morgan fingerprint density at radius 1 is 1.15 bits per heavy atom. The third-order valence-electron chi connectivity index (χ3n) is 3.71. The molecular weight excluding hydrogens is 352 g/mol. The monoisotopic (exact) mass is 368 g/mol. The molecule has 6 nitrogen and oxygen atoms in total. The van der Waals surface area contributed by atoms with Crippen LogP contribution in [-0.2, 0) is 16.1 Å². The molecule has 132 valence electrons. The summed E-state index contributed by atoms with van der Waals surface area (Å²) < 4.78 is 16.5. The Morgan fingerprint density at radius 3 is 2.77 bits per heavy atom. The summed E-state index contributed by atoms with van der Waals surface area (Å²) in [4.78, 5) is 16.6. The number of fused-ring (bicyclic) bond motifs is 1. The van der Waals surface area contributed by atoms with Crippen LogP contribution in [-0.4, -0.2) is 23.7 Å². The van der Waals surface area contributed by atoms with Crippen molar-refractivity contribution < 1.29 is 19.0 Å². The lowest BCUT2D eigenvalue weighted by atomic mass is 10.2. The van der Waals surface area contributed by atoms with Gasteiger partial charge < -0.3 is 19.5 Å². The highest BCUT2D eigenvalue weighted by molar-refractivity contribution is 7.13. The fraction of sp³-hybridized carbons (Fsp3) is 0.158. The van der Waals surface area contributed by atoms with Crippen LogP contribution < -0.4 is 14.8 Å². The first kappa shape index (κ1) is 16.4. The molecule has 1 aliphatic rings. The molecular formula is C19H16N2O4S. The molecule has 3 aromatic rings. The van der Waals surface area contributed by atoms with Crippen molar-refractivity contribution in [2.45, 2.75) is 12.7 Å². The summed E-state index contributed by atoms with van der Waals surface area (Å²) in [5.74, 6) is 0.710. The first-order valence-electron chi connectivity index (χ1n) is 8.09. The molecule has 0 radical (unpaired) electrons. The van der Waals surface area contributed by atoms with Gasteiger partial charge in [-0.15, -0.1) is 11.3 Å². The normalized spacial score (nSPS) is 15.3. The molecule has 0 spiro atoms. The van der Waals surface area contributed by atoms with Gasteiger partial charge in [0, 0.05) is 11.1 Å². The number of anilines is 2. The second-order valence-electron chi connectivity index (χ2n) is 5.61. The molecule has 1 aromatic heterocycles. The topological polar surface area (TPSA) is 69.7 Å². The summed E-state index contributed by atoms with van der Waals surface area (Å²) in [6.45, 7) is 0.223. The molecule has 4 rings (SSSR count). The van der Waals surface area contributed by atoms with E-state index in [0.717, 1.165) is 10.8 Å². The number of nitrogens with one attached hydrogen (secondary N) is 1. The maximum Gasteiger partial charge on any atom is 0.351 e. The maximum atomic E-state index is 12.2. The number of nitrogens with zero attached hydrogens (tertiary/aromatic N) is 1. The molecule has 1 atom stereocenters. The van der Waals surface area contributed by atoms with E-state index < -0.39 is 12.1 Å². The Bertz CT molecular complexity index is 897. The van der Waals surface area contributed by atoms with Crippen LogP contribution in [0.5, 0.6) is 11.5 Å². The van der Waals surface area contributed by atoms with Crippen molar-refractivity contribution in [2.24, 2.45) is 0 Å². The number of ether oxygens (including phenoxy) is 3. The summed E-state index contributed by atoms with van der Waals surface area (Å²) in [6, 6.07) is 17.0. The Morgan fingerprint density at radius 2 is 1.92 bits per heavy atom. The molecule has 1 N–H and O–H groups in total. The number of thiazole rings is 1. The number of rotatable bonds is 5. The van der Waals surface area contributed by atoms with Crippen LogP contribution in [0.3, 0.4) is 0 Å². The van der Waals surface area contributed by atoms with Crippen molar-refractivity contribution in [2.75, 3.05) is 11.9 Å². The molecule has 0 bridgehead atoms. The second-order valence-corrected chi connectivity index (χ2v) is 6.47. The third kappa shape index (κ3) is 3.78. The van der Waals surface area contributed by atoms with E-state index >= 15 is 0 Å². The zero-order chi connectivity index (χ0) is 17.8. The molecule has 0 saturated carbocycles. The van der Waals surface area contributed by atoms with E-state index in [1.807, 2.05) is 47.8 Å². The Hall–Kier alpha value is -3.06. The summed E-state index contributed by atoms with van der Waals surface area (Å²) in [5, 5.41) is 5.81. The smallest absolute Gasteiger partial charge is 0.351 e. The number of carbonyl (C=O) groups excluding carboxylic acids is 1. The number of para-hydroxylation sites is 3. The van der Waals surface area contributed by atoms with Gasteiger partial charge in [0.25, 0.3) is 0 Å². The van der Waals surface area contributed by atoms with Gasteiger partial charge in [-0.1, -0.05) is 30.3 Å². The van der Waals surface area contributed by atoms with Crippen LogP contribution >= 0.6 is 11.3 Å². The number of hydrogen-bond donors (Lipinski definition) is 1. The number of aromatic nitrogens is 1. The van der Waals surface area contributed by atoms with E-state index in [4.69, 9.17) is 14.2 Å². The zero-order valence-corrected chi connectivity index (χ0v) is 14.6. The highest BCUT2D eigenvalue weighted by Crippen LogP contribution is 2.31. The van der Waals surface area contributed by atoms with Crippen LogP contribution in [0, 0.1) is 0 Å². The lowest BCUT2D eigenvalue weighted by molar-refractivity contribution is -0.156. The highest BCUT2D eigenvalue weighted by Gasteiger charge is 2.28. The lowest BCUT2D eigenvalue weighted by Gasteiger charge is -2.24. The predicted molar refractivity (Wildman–Crippen MR) is 98.0 cm³/mol. The standard InChI is InChI=1S/C19H16N2O4S/c22-18(17-11-23-15-8-4-5-9-16(15)25-17)24-10-14-12-26-19(21-14)20-13-6-2-1-3-7-13/h1-9,12,17H,10-11H2,(H,20,21)/t17-/m1/s1. The molecule has 2 aromatic carbocycles. The Kier molecular flexibility index (Phi) is 4.70. The van der Waals surface area contributed by atoms with Crippen LogP contribution in [0.15, 0.2) is 60.0 Å². The molecule has 0 saturated heterocycles. The van der Waals surface area contributed by atoms with Gasteiger partial charge in [-0.25, -0.2) is 9.78 Å². The highest BCUT2D eigenvalue weighted by atomic mass is 32.1. The van der Waals surface area contributed by atoms with Crippen LogP contribution in [0.25, 0.3) is 0 Å². The van der Waals surface area contributed by atoms with Gasteiger partial charge in [0.15, 0.2) is 16.6 Å². The van der Waals surface area contributed by atoms with Gasteiger partial charge in [-0.2, -0.15) is 0 Å². The minimum absolute atomic E-state index is 0.0906. The quantitative estimate of drug-likeness (QED) is 0.692. The van der Waals surface area contributed by atoms with Crippen LogP contribution in [0.2, 0.25) is 0 Å². The van der Waals surface area contributed by atoms with Crippen molar-refractivity contribution in [3.05, 3.63) is 65.7 Å². The fourth-order valence-electron chi connectivity index (χ4n) is 2.45. The summed E-state index contributed by atoms with van der Waals surface area (Å²) in [5.41, 5.74) is 1.63. The number of carbonyl (C=O) groups is 1. The van der Waals surface area contributed by atoms with Gasteiger partial charge in [0.1, 0.15) is 13.2 Å². The van der Waals surface area contributed by atoms with Crippen molar-refractivity contribution >= 4 is 28.1 Å². The first-order valence-corrected chi connectivity index (χ1v) is 8.97. The third-order valence-corrected chi connectivity index (χ3v) is 4.52. The molecule has 7 heteroatoms. The number of benzene rings is 2. The summed E-state index contributed by atoms with van der Waals surface area (Å²) >= 11 is 1.45. The second kappa shape index (κ2) is 7.45. The fourth-order valence-corrected chi connectivity index (χ4v) is 3.16. The van der Waals surface area contributed by atoms with Crippen molar-refractivity contribution in [1.29, 1.82) is 0 Å². The molecule has 0 aliphatic carbocycles. The molecule has 26 heavy (non-hydrogen) atoms. The first-order chi connectivity index (χ1) is 12.8. The Labute approximate surface area is 154 Å². The minimum Gasteiger partial charge on any atom is -0.485 e. The van der Waals surface area contributed by atoms with Crippen molar-refractivity contribution in [3.63, 3.8) is 0 Å². The largest absolute Gasteiger partial charge is 0.485 e. The van der Waals surface area contributed by atoms with E-state index in [-0.39, 0.29) is 13.2 Å². The molecule has 0 fully saturated rings. The minimum atomic E-state index is -0.773. The number of hydrogen-bond acceptors (Lipinski definition) is 7. The van der Waals surface area contributed by atoms with E-state index in [0.29, 0.717) is 17.2 Å².